The lowest BCUT2D eigenvalue weighted by Crippen LogP contribution is -2.45. The van der Waals surface area contributed by atoms with Crippen molar-refractivity contribution in [3.05, 3.63) is 28.8 Å². The van der Waals surface area contributed by atoms with Crippen LogP contribution in [0.4, 0.5) is 10.5 Å². The summed E-state index contributed by atoms with van der Waals surface area (Å²) in [5.41, 5.74) is 1.42. The molecule has 1 saturated heterocycles. The molecule has 1 amide bonds. The van der Waals surface area contributed by atoms with E-state index in [1.54, 1.807) is 25.1 Å². The highest BCUT2D eigenvalue weighted by molar-refractivity contribution is 6.31. The molecule has 2 rings (SSSR count). The molecule has 0 aromatic heterocycles. The minimum absolute atomic E-state index is 0.257. The highest BCUT2D eigenvalue weighted by atomic mass is 35.5. The first kappa shape index (κ1) is 12.7. The topological polar surface area (TPSA) is 66.8 Å². The average Bonchev–Trinajstić information content (AvgIpc) is 2.33. The second kappa shape index (κ2) is 4.86. The summed E-state index contributed by atoms with van der Waals surface area (Å²) in [5.74, 6) is -1.12. The molecule has 18 heavy (non-hydrogen) atoms. The number of ether oxygens (including phenoxy) is 1. The van der Waals surface area contributed by atoms with Crippen LogP contribution < -0.4 is 4.90 Å². The molecule has 1 fully saturated rings. The SMILES string of the molecule is Cc1c(Cl)cccc1N1CCC(C(=O)O)OC1=O. The number of anilines is 1. The number of amides is 1. The smallest absolute Gasteiger partial charge is 0.415 e. The highest BCUT2D eigenvalue weighted by Gasteiger charge is 2.33. The monoisotopic (exact) mass is 269 g/mol. The summed E-state index contributed by atoms with van der Waals surface area (Å²) in [4.78, 5) is 23.9. The van der Waals surface area contributed by atoms with Gasteiger partial charge in [-0.15, -0.1) is 0 Å². The van der Waals surface area contributed by atoms with Crippen molar-refractivity contribution in [2.75, 3.05) is 11.4 Å². The molecular weight excluding hydrogens is 258 g/mol. The van der Waals surface area contributed by atoms with Crippen molar-refractivity contribution in [2.45, 2.75) is 19.4 Å². The molecule has 0 radical (unpaired) electrons. The first-order valence-electron chi connectivity index (χ1n) is 5.47. The molecule has 1 aromatic rings. The molecule has 1 N–H and O–H groups in total. The minimum atomic E-state index is -1.12. The summed E-state index contributed by atoms with van der Waals surface area (Å²) in [6.45, 7) is 2.10. The summed E-state index contributed by atoms with van der Waals surface area (Å²) in [6, 6.07) is 5.22. The largest absolute Gasteiger partial charge is 0.479 e. The maximum Gasteiger partial charge on any atom is 0.415 e. The molecule has 6 heteroatoms. The van der Waals surface area contributed by atoms with Gasteiger partial charge in [-0.05, 0) is 24.6 Å². The second-order valence-corrected chi connectivity index (χ2v) is 4.44. The second-order valence-electron chi connectivity index (χ2n) is 4.03. The third-order valence-corrected chi connectivity index (χ3v) is 3.29. The van der Waals surface area contributed by atoms with E-state index in [2.05, 4.69) is 0 Å². The molecule has 0 bridgehead atoms. The lowest BCUT2D eigenvalue weighted by atomic mass is 10.1. The molecule has 1 atom stereocenters. The van der Waals surface area contributed by atoms with Gasteiger partial charge < -0.3 is 9.84 Å². The number of cyclic esters (lactones) is 1. The number of nitrogens with zero attached hydrogens (tertiary/aromatic N) is 1. The standard InChI is InChI=1S/C12H12ClNO4/c1-7-8(13)3-2-4-9(7)14-6-5-10(11(15)16)18-12(14)17/h2-4,10H,5-6H2,1H3,(H,15,16). The van der Waals surface area contributed by atoms with Gasteiger partial charge in [-0.1, -0.05) is 17.7 Å². The van der Waals surface area contributed by atoms with E-state index in [-0.39, 0.29) is 6.42 Å². The fourth-order valence-corrected chi connectivity index (χ4v) is 2.03. The Morgan fingerprint density at radius 2 is 2.28 bits per heavy atom. The molecule has 1 aliphatic heterocycles. The third-order valence-electron chi connectivity index (χ3n) is 2.88. The predicted octanol–water partition coefficient (Wildman–Crippen LogP) is 2.45. The van der Waals surface area contributed by atoms with Gasteiger partial charge in [-0.25, -0.2) is 9.59 Å². The van der Waals surface area contributed by atoms with E-state index in [9.17, 15) is 9.59 Å². The first-order chi connectivity index (χ1) is 8.50. The fraction of sp³-hybridized carbons (Fsp3) is 0.333. The number of carbonyl (C=O) groups excluding carboxylic acids is 1. The maximum absolute atomic E-state index is 11.8. The zero-order valence-corrected chi connectivity index (χ0v) is 10.5. The zero-order valence-electron chi connectivity index (χ0n) is 9.72. The maximum atomic E-state index is 11.8. The Balaban J connectivity index is 2.23. The van der Waals surface area contributed by atoms with E-state index in [0.29, 0.717) is 17.3 Å². The van der Waals surface area contributed by atoms with Gasteiger partial charge in [0, 0.05) is 18.0 Å². The Bertz CT molecular complexity index is 503. The van der Waals surface area contributed by atoms with E-state index in [1.165, 1.54) is 4.90 Å². The average molecular weight is 270 g/mol. The first-order valence-corrected chi connectivity index (χ1v) is 5.84. The van der Waals surface area contributed by atoms with Gasteiger partial charge in [0.15, 0.2) is 0 Å². The number of aliphatic carboxylic acids is 1. The van der Waals surface area contributed by atoms with Crippen molar-refractivity contribution in [1.82, 2.24) is 0 Å². The Kier molecular flexibility index (Phi) is 3.43. The van der Waals surface area contributed by atoms with Crippen LogP contribution in [0.25, 0.3) is 0 Å². The molecule has 96 valence electrons. The van der Waals surface area contributed by atoms with Crippen LogP contribution >= 0.6 is 11.6 Å². The van der Waals surface area contributed by atoms with Crippen LogP contribution in [0.3, 0.4) is 0 Å². The minimum Gasteiger partial charge on any atom is -0.479 e. The van der Waals surface area contributed by atoms with Crippen LogP contribution in [0.5, 0.6) is 0 Å². The van der Waals surface area contributed by atoms with Gasteiger partial charge >= 0.3 is 12.1 Å². The fourth-order valence-electron chi connectivity index (χ4n) is 1.86. The number of rotatable bonds is 2. The Morgan fingerprint density at radius 3 is 2.89 bits per heavy atom. The number of benzene rings is 1. The number of halogens is 1. The van der Waals surface area contributed by atoms with E-state index >= 15 is 0 Å². The van der Waals surface area contributed by atoms with Crippen molar-refractivity contribution in [2.24, 2.45) is 0 Å². The van der Waals surface area contributed by atoms with Crippen LogP contribution in [0, 0.1) is 6.92 Å². The molecule has 0 saturated carbocycles. The van der Waals surface area contributed by atoms with Gasteiger partial charge in [-0.2, -0.15) is 0 Å². The summed E-state index contributed by atoms with van der Waals surface area (Å²) in [6.07, 6.45) is -1.46. The van der Waals surface area contributed by atoms with E-state index < -0.39 is 18.2 Å². The van der Waals surface area contributed by atoms with E-state index in [0.717, 1.165) is 5.56 Å². The number of carboxylic acid groups (broad SMARTS) is 1. The van der Waals surface area contributed by atoms with Gasteiger partial charge in [0.1, 0.15) is 0 Å². The predicted molar refractivity (Wildman–Crippen MR) is 66.1 cm³/mol. The molecule has 1 aromatic carbocycles. The van der Waals surface area contributed by atoms with Crippen LogP contribution in [0.15, 0.2) is 18.2 Å². The highest BCUT2D eigenvalue weighted by Crippen LogP contribution is 2.29. The van der Waals surface area contributed by atoms with Crippen LogP contribution in [0.1, 0.15) is 12.0 Å². The summed E-state index contributed by atoms with van der Waals surface area (Å²) >= 11 is 5.99. The quantitative estimate of drug-likeness (QED) is 0.895. The van der Waals surface area contributed by atoms with E-state index in [1.807, 2.05) is 0 Å². The van der Waals surface area contributed by atoms with Gasteiger partial charge in [0.25, 0.3) is 0 Å². The Labute approximate surface area is 109 Å². The summed E-state index contributed by atoms with van der Waals surface area (Å²) in [5, 5.41) is 9.35. The van der Waals surface area contributed by atoms with Gasteiger partial charge in [0.05, 0.1) is 5.69 Å². The molecule has 1 unspecified atom stereocenters. The van der Waals surface area contributed by atoms with Crippen molar-refractivity contribution in [1.29, 1.82) is 0 Å². The van der Waals surface area contributed by atoms with E-state index in [4.69, 9.17) is 21.4 Å². The van der Waals surface area contributed by atoms with Crippen molar-refractivity contribution in [3.63, 3.8) is 0 Å². The number of carboxylic acids is 1. The molecule has 1 aliphatic rings. The number of hydrogen-bond acceptors (Lipinski definition) is 3. The Hall–Kier alpha value is -1.75. The van der Waals surface area contributed by atoms with Crippen molar-refractivity contribution >= 4 is 29.4 Å². The van der Waals surface area contributed by atoms with Gasteiger partial charge in [0.2, 0.25) is 6.10 Å². The lowest BCUT2D eigenvalue weighted by molar-refractivity contribution is -0.147. The van der Waals surface area contributed by atoms with Crippen molar-refractivity contribution in [3.8, 4) is 0 Å². The third kappa shape index (κ3) is 2.26. The number of carbonyl (C=O) groups is 2. The molecule has 1 heterocycles. The van der Waals surface area contributed by atoms with Crippen molar-refractivity contribution < 1.29 is 19.4 Å². The molecule has 0 aliphatic carbocycles. The zero-order chi connectivity index (χ0) is 13.3. The molecule has 5 nitrogen and oxygen atoms in total. The summed E-state index contributed by atoms with van der Waals surface area (Å²) in [7, 11) is 0. The van der Waals surface area contributed by atoms with Gasteiger partial charge in [-0.3, -0.25) is 4.90 Å². The molecular formula is C12H12ClNO4. The number of hydrogen-bond donors (Lipinski definition) is 1. The normalized spacial score (nSPS) is 19.6. The van der Waals surface area contributed by atoms with Crippen LogP contribution in [-0.4, -0.2) is 29.8 Å². The van der Waals surface area contributed by atoms with Crippen LogP contribution in [0.2, 0.25) is 5.02 Å². The molecule has 0 spiro atoms. The lowest BCUT2D eigenvalue weighted by Gasteiger charge is -2.30. The Morgan fingerprint density at radius 1 is 1.56 bits per heavy atom. The summed E-state index contributed by atoms with van der Waals surface area (Å²) < 4.78 is 4.85. The van der Waals surface area contributed by atoms with Crippen LogP contribution in [-0.2, 0) is 9.53 Å².